The van der Waals surface area contributed by atoms with E-state index in [4.69, 9.17) is 16.4 Å². The lowest BCUT2D eigenvalue weighted by Gasteiger charge is -2.20. The van der Waals surface area contributed by atoms with Crippen molar-refractivity contribution in [3.8, 4) is 0 Å². The number of carbonyl (C=O) groups excluding carboxylic acids is 3. The molecule has 0 saturated heterocycles. The van der Waals surface area contributed by atoms with Crippen molar-refractivity contribution in [1.29, 1.82) is 0 Å². The molecule has 1 aromatic heterocycles. The molecule has 1 fully saturated rings. The Hall–Kier alpha value is -3.70. The van der Waals surface area contributed by atoms with Gasteiger partial charge in [0.05, 0.1) is 0 Å². The zero-order valence-electron chi connectivity index (χ0n) is 29.1. The molecule has 2 N–H and O–H groups in total. The molecule has 1 aliphatic carbocycles. The van der Waals surface area contributed by atoms with Gasteiger partial charge >= 0.3 is 0 Å². The van der Waals surface area contributed by atoms with Crippen molar-refractivity contribution in [3.05, 3.63) is 105 Å². The molecule has 0 radical (unpaired) electrons. The molecule has 1 amide bonds. The van der Waals surface area contributed by atoms with Crippen molar-refractivity contribution < 1.29 is 14.4 Å². The summed E-state index contributed by atoms with van der Waals surface area (Å²) in [6, 6.07) is 24.5. The van der Waals surface area contributed by atoms with E-state index in [0.29, 0.717) is 5.92 Å². The Kier molecular flexibility index (Phi) is 15.4. The van der Waals surface area contributed by atoms with Gasteiger partial charge in [-0.1, -0.05) is 79.0 Å². The zero-order valence-corrected chi connectivity index (χ0v) is 29.9. The number of aromatic nitrogens is 1. The number of benzene rings is 3. The maximum absolute atomic E-state index is 11.4. The highest BCUT2D eigenvalue weighted by Crippen LogP contribution is 2.39. The van der Waals surface area contributed by atoms with Crippen molar-refractivity contribution in [3.63, 3.8) is 0 Å². The Balaban J connectivity index is 0.000000784. The molecule has 1 heterocycles. The highest BCUT2D eigenvalue weighted by Gasteiger charge is 2.30. The number of hydrogen-bond acceptors (Lipinski definition) is 3. The molecule has 0 aliphatic heterocycles. The van der Waals surface area contributed by atoms with Crippen molar-refractivity contribution >= 4 is 40.5 Å². The second kappa shape index (κ2) is 19.2. The van der Waals surface area contributed by atoms with Crippen LogP contribution in [0.2, 0.25) is 5.02 Å². The Morgan fingerprint density at radius 2 is 1.57 bits per heavy atom. The van der Waals surface area contributed by atoms with Crippen molar-refractivity contribution in [2.45, 2.75) is 98.8 Å². The van der Waals surface area contributed by atoms with E-state index < -0.39 is 0 Å². The van der Waals surface area contributed by atoms with E-state index in [1.54, 1.807) is 6.92 Å². The third-order valence-electron chi connectivity index (χ3n) is 8.63. The summed E-state index contributed by atoms with van der Waals surface area (Å²) >= 11 is 6.44. The average molecular weight is 657 g/mol. The minimum atomic E-state index is 0.0848. The minimum Gasteiger partial charge on any atom is -0.358 e. The normalized spacial score (nSPS) is 13.4. The summed E-state index contributed by atoms with van der Waals surface area (Å²) < 4.78 is 0. The molecular weight excluding hydrogens is 604 g/mol. The quantitative estimate of drug-likeness (QED) is 0.141. The lowest BCUT2D eigenvalue weighted by molar-refractivity contribution is -0.119. The molecule has 1 aliphatic rings. The zero-order chi connectivity index (χ0) is 34.3. The first kappa shape index (κ1) is 37.8. The number of ketones is 1. The van der Waals surface area contributed by atoms with E-state index in [1.165, 1.54) is 78.9 Å². The van der Waals surface area contributed by atoms with Gasteiger partial charge in [0, 0.05) is 41.0 Å². The fraction of sp³-hybridized carbons (Fsp3) is 0.439. The molecule has 2 atom stereocenters. The number of amides is 1. The van der Waals surface area contributed by atoms with Crippen molar-refractivity contribution in [2.24, 2.45) is 11.8 Å². The fourth-order valence-corrected chi connectivity index (χ4v) is 6.41. The lowest BCUT2D eigenvalue weighted by Crippen LogP contribution is -2.28. The highest BCUT2D eigenvalue weighted by molar-refractivity contribution is 6.31. The fourth-order valence-electron chi connectivity index (χ4n) is 6.24. The van der Waals surface area contributed by atoms with Gasteiger partial charge in [-0.3, -0.25) is 4.79 Å². The van der Waals surface area contributed by atoms with Crippen LogP contribution in [-0.4, -0.2) is 29.5 Å². The molecule has 252 valence electrons. The standard InChI is InChI=1S/C36H43ClN2O.C3H6O.C2H4O/c1-4-6-32-34-22-31(37)19-20-35(34)39-36(32)33(21-27-11-9-24(2)10-12-27)29-15-13-26(14-16-29)7-5-8-30(28-17-18-28)23-38-25(3)40;1-3(2)4;1-2-3/h9-16,19-20,22,28,30,33,39H,4-8,17-18,21,23H2,1-3H3,(H,38,40);1-2H3;2H,1H3. The average Bonchev–Trinajstić information content (AvgIpc) is 3.82. The summed E-state index contributed by atoms with van der Waals surface area (Å²) in [7, 11) is 0. The molecule has 3 aromatic carbocycles. The van der Waals surface area contributed by atoms with Crippen molar-refractivity contribution in [1.82, 2.24) is 10.3 Å². The number of hydrogen-bond donors (Lipinski definition) is 2. The van der Waals surface area contributed by atoms with Crippen LogP contribution in [0.1, 0.15) is 106 Å². The van der Waals surface area contributed by atoms with Gasteiger partial charge in [0.15, 0.2) is 0 Å². The molecule has 5 rings (SSSR count). The van der Waals surface area contributed by atoms with Gasteiger partial charge in [0.2, 0.25) is 5.91 Å². The van der Waals surface area contributed by atoms with Crippen LogP contribution in [0.3, 0.4) is 0 Å². The lowest BCUT2D eigenvalue weighted by atomic mass is 9.85. The second-order valence-electron chi connectivity index (χ2n) is 13.0. The molecule has 5 nitrogen and oxygen atoms in total. The maximum atomic E-state index is 11.4. The van der Waals surface area contributed by atoms with E-state index in [1.807, 2.05) is 6.07 Å². The Bertz CT molecular complexity index is 1570. The highest BCUT2D eigenvalue weighted by atomic mass is 35.5. The number of Topliss-reactive ketones (excluding diaryl/α,β-unsaturated/α-hetero) is 1. The summed E-state index contributed by atoms with van der Waals surface area (Å²) in [5.41, 5.74) is 9.26. The van der Waals surface area contributed by atoms with E-state index in [0.717, 1.165) is 61.4 Å². The summed E-state index contributed by atoms with van der Waals surface area (Å²) in [6.07, 6.45) is 9.88. The molecule has 0 bridgehead atoms. The number of fused-ring (bicyclic) bond motifs is 1. The summed E-state index contributed by atoms with van der Waals surface area (Å²) in [4.78, 5) is 33.5. The van der Waals surface area contributed by atoms with Gasteiger partial charge in [-0.05, 0) is 125 Å². The van der Waals surface area contributed by atoms with Crippen LogP contribution in [0.4, 0.5) is 0 Å². The predicted octanol–water partition coefficient (Wildman–Crippen LogP) is 9.74. The number of rotatable bonds is 13. The number of aromatic amines is 1. The van der Waals surface area contributed by atoms with Gasteiger partial charge in [0.25, 0.3) is 0 Å². The van der Waals surface area contributed by atoms with Crippen molar-refractivity contribution in [2.75, 3.05) is 6.54 Å². The Labute approximate surface area is 286 Å². The van der Waals surface area contributed by atoms with Gasteiger partial charge in [-0.15, -0.1) is 0 Å². The number of aryl methyl sites for hydroxylation is 3. The number of aldehydes is 1. The predicted molar refractivity (Wildman–Crippen MR) is 196 cm³/mol. The minimum absolute atomic E-state index is 0.0848. The molecule has 47 heavy (non-hydrogen) atoms. The van der Waals surface area contributed by atoms with Crippen LogP contribution in [-0.2, 0) is 33.6 Å². The van der Waals surface area contributed by atoms with Crippen LogP contribution in [0, 0.1) is 18.8 Å². The van der Waals surface area contributed by atoms with E-state index >= 15 is 0 Å². The number of H-pyrrole nitrogens is 1. The molecule has 0 spiro atoms. The summed E-state index contributed by atoms with van der Waals surface area (Å²) in [5.74, 6) is 1.91. The third-order valence-corrected chi connectivity index (χ3v) is 8.87. The smallest absolute Gasteiger partial charge is 0.216 e. The third kappa shape index (κ3) is 12.4. The van der Waals surface area contributed by atoms with Crippen LogP contribution < -0.4 is 5.32 Å². The van der Waals surface area contributed by atoms with E-state index in [2.05, 4.69) is 84.8 Å². The molecule has 4 aromatic rings. The number of carbonyl (C=O) groups is 3. The first-order chi connectivity index (χ1) is 22.6. The van der Waals surface area contributed by atoms with E-state index in [-0.39, 0.29) is 17.6 Å². The van der Waals surface area contributed by atoms with Gasteiger partial charge in [0.1, 0.15) is 12.1 Å². The summed E-state index contributed by atoms with van der Waals surface area (Å²) in [5, 5.41) is 5.09. The maximum Gasteiger partial charge on any atom is 0.216 e. The number of halogens is 1. The Morgan fingerprint density at radius 1 is 0.957 bits per heavy atom. The van der Waals surface area contributed by atoms with Crippen LogP contribution in [0.5, 0.6) is 0 Å². The largest absolute Gasteiger partial charge is 0.358 e. The first-order valence-corrected chi connectivity index (χ1v) is 17.5. The monoisotopic (exact) mass is 656 g/mol. The molecular formula is C41H53ClN2O3. The van der Waals surface area contributed by atoms with Gasteiger partial charge in [-0.2, -0.15) is 0 Å². The first-order valence-electron chi connectivity index (χ1n) is 17.1. The van der Waals surface area contributed by atoms with Gasteiger partial charge < -0.3 is 19.9 Å². The molecule has 1 saturated carbocycles. The molecule has 2 unspecified atom stereocenters. The topological polar surface area (TPSA) is 79.0 Å². The van der Waals surface area contributed by atoms with E-state index in [9.17, 15) is 9.59 Å². The van der Waals surface area contributed by atoms with Crippen LogP contribution in [0.25, 0.3) is 10.9 Å². The SMILES string of the molecule is CC(C)=O.CC=O.CCCc1c(C(Cc2ccc(C)cc2)c2ccc(CCCC(CNC(C)=O)C3CC3)cc2)[nH]c2ccc(Cl)cc12. The summed E-state index contributed by atoms with van der Waals surface area (Å²) in [6.45, 7) is 11.3. The van der Waals surface area contributed by atoms with Gasteiger partial charge in [-0.25, -0.2) is 0 Å². The number of nitrogens with one attached hydrogen (secondary N) is 2. The van der Waals surface area contributed by atoms with Crippen LogP contribution >= 0.6 is 11.6 Å². The second-order valence-corrected chi connectivity index (χ2v) is 13.4. The Morgan fingerprint density at radius 3 is 2.15 bits per heavy atom. The molecule has 6 heteroatoms. The van der Waals surface area contributed by atoms with Crippen LogP contribution in [0.15, 0.2) is 66.7 Å².